The fraction of sp³-hybridized carbons (Fsp3) is 0.667. The van der Waals surface area contributed by atoms with E-state index in [-0.39, 0.29) is 17.1 Å². The number of carbonyl (C=O) groups is 1. The minimum atomic E-state index is -0.504. The predicted molar refractivity (Wildman–Crippen MR) is 101 cm³/mol. The molecule has 1 aliphatic heterocycles. The molecule has 2 aliphatic carbocycles. The Kier molecular flexibility index (Phi) is 3.40. The van der Waals surface area contributed by atoms with Gasteiger partial charge in [0.1, 0.15) is 5.60 Å². The number of nitrogens with one attached hydrogen (secondary N) is 1. The van der Waals surface area contributed by atoms with Crippen molar-refractivity contribution in [2.24, 2.45) is 5.92 Å². The van der Waals surface area contributed by atoms with Crippen LogP contribution in [0.4, 0.5) is 4.79 Å². The van der Waals surface area contributed by atoms with Crippen LogP contribution in [-0.4, -0.2) is 49.3 Å². The summed E-state index contributed by atoms with van der Waals surface area (Å²) in [5, 5.41) is 2.92. The third-order valence-electron chi connectivity index (χ3n) is 6.15. The number of piperidine rings is 1. The third-order valence-corrected chi connectivity index (χ3v) is 6.51. The Bertz CT molecular complexity index is 1010. The number of carbonyl (C=O) groups excluding carboxylic acids is 1. The van der Waals surface area contributed by atoms with Gasteiger partial charge in [0, 0.05) is 30.0 Å². The normalized spacial score (nSPS) is 25.6. The summed E-state index contributed by atoms with van der Waals surface area (Å²) in [7, 11) is 0. The molecule has 2 unspecified atom stereocenters. The molecule has 2 atom stereocenters. The van der Waals surface area contributed by atoms with Gasteiger partial charge in [-0.2, -0.15) is 9.50 Å². The van der Waals surface area contributed by atoms with E-state index in [1.807, 2.05) is 20.8 Å². The molecule has 1 saturated carbocycles. The lowest BCUT2D eigenvalue weighted by Gasteiger charge is -2.41. The summed E-state index contributed by atoms with van der Waals surface area (Å²) in [6, 6.07) is 0. The Labute approximate surface area is 164 Å². The molecule has 5 rings (SSSR count). The van der Waals surface area contributed by atoms with Crippen molar-refractivity contribution in [3.8, 4) is 0 Å². The number of hydrogen-bond donors (Lipinski definition) is 1. The molecule has 1 spiro atoms. The molecule has 2 aromatic rings. The Morgan fingerprint density at radius 2 is 2.00 bits per heavy atom. The van der Waals surface area contributed by atoms with E-state index in [0.717, 1.165) is 30.5 Å². The highest BCUT2D eigenvalue weighted by atomic mass is 79.9. The molecule has 2 fully saturated rings. The van der Waals surface area contributed by atoms with E-state index >= 15 is 0 Å². The van der Waals surface area contributed by atoms with Gasteiger partial charge in [0.05, 0.1) is 5.69 Å². The molecular formula is C18H22BrN5O3. The Balaban J connectivity index is 1.48. The van der Waals surface area contributed by atoms with Gasteiger partial charge in [-0.15, -0.1) is 0 Å². The average molecular weight is 436 g/mol. The molecule has 0 bridgehead atoms. The van der Waals surface area contributed by atoms with E-state index in [4.69, 9.17) is 9.72 Å². The van der Waals surface area contributed by atoms with Crippen molar-refractivity contribution in [3.63, 3.8) is 0 Å². The lowest BCUT2D eigenvalue weighted by atomic mass is 9.71. The van der Waals surface area contributed by atoms with E-state index < -0.39 is 5.60 Å². The zero-order valence-electron chi connectivity index (χ0n) is 15.6. The minimum Gasteiger partial charge on any atom is -0.444 e. The molecule has 3 heterocycles. The van der Waals surface area contributed by atoms with Crippen molar-refractivity contribution in [3.05, 3.63) is 26.3 Å². The van der Waals surface area contributed by atoms with Crippen LogP contribution in [0.25, 0.3) is 5.78 Å². The van der Waals surface area contributed by atoms with Gasteiger partial charge in [0.25, 0.3) is 11.3 Å². The molecule has 144 valence electrons. The smallest absolute Gasteiger partial charge is 0.410 e. The number of ether oxygens (including phenoxy) is 1. The average Bonchev–Trinajstić information content (AvgIpc) is 3.23. The summed E-state index contributed by atoms with van der Waals surface area (Å²) in [6.07, 6.45) is 2.36. The van der Waals surface area contributed by atoms with Crippen LogP contribution < -0.4 is 5.56 Å². The number of likely N-dealkylation sites (tertiary alicyclic amines) is 1. The van der Waals surface area contributed by atoms with Crippen molar-refractivity contribution >= 4 is 27.8 Å². The summed E-state index contributed by atoms with van der Waals surface area (Å²) in [4.78, 5) is 36.3. The first-order valence-electron chi connectivity index (χ1n) is 9.36. The standard InChI is InChI=1S/C18H22BrN5O3/c1-17(2,3)27-16(26)23-6-4-18(5-7-23)10-8-9(10)12-11(18)13(25)24-15(20-12)21-14(19)22-24/h9-10H,4-8H2,1-3H3,(H,20,21,22). The number of fused-ring (bicyclic) bond motifs is 6. The van der Waals surface area contributed by atoms with Crippen LogP contribution in [0.2, 0.25) is 0 Å². The summed E-state index contributed by atoms with van der Waals surface area (Å²) >= 11 is 3.28. The molecule has 0 radical (unpaired) electrons. The fourth-order valence-corrected chi connectivity index (χ4v) is 5.31. The zero-order valence-corrected chi connectivity index (χ0v) is 17.2. The second kappa shape index (κ2) is 5.33. The van der Waals surface area contributed by atoms with Crippen LogP contribution in [0.3, 0.4) is 0 Å². The molecule has 9 heteroatoms. The van der Waals surface area contributed by atoms with Crippen LogP contribution in [0.15, 0.2) is 9.53 Å². The summed E-state index contributed by atoms with van der Waals surface area (Å²) in [5.74, 6) is 1.24. The van der Waals surface area contributed by atoms with Crippen molar-refractivity contribution in [1.29, 1.82) is 0 Å². The van der Waals surface area contributed by atoms with Gasteiger partial charge in [-0.25, -0.2) is 9.78 Å². The number of nitrogens with zero attached hydrogens (tertiary/aromatic N) is 4. The Hall–Kier alpha value is -1.90. The summed E-state index contributed by atoms with van der Waals surface area (Å²) in [5.41, 5.74) is 1.03. The first-order valence-corrected chi connectivity index (χ1v) is 10.2. The number of rotatable bonds is 0. The maximum atomic E-state index is 13.2. The number of halogens is 1. The van der Waals surface area contributed by atoms with E-state index in [9.17, 15) is 9.59 Å². The summed E-state index contributed by atoms with van der Waals surface area (Å²) in [6.45, 7) is 6.83. The van der Waals surface area contributed by atoms with E-state index in [0.29, 0.717) is 35.4 Å². The number of H-pyrrole nitrogens is 1. The highest BCUT2D eigenvalue weighted by Gasteiger charge is 2.64. The lowest BCUT2D eigenvalue weighted by molar-refractivity contribution is 0.0153. The Morgan fingerprint density at radius 3 is 2.67 bits per heavy atom. The second-order valence-corrected chi connectivity index (χ2v) is 9.65. The van der Waals surface area contributed by atoms with Crippen LogP contribution >= 0.6 is 15.9 Å². The largest absolute Gasteiger partial charge is 0.444 e. The van der Waals surface area contributed by atoms with Gasteiger partial charge < -0.3 is 9.64 Å². The van der Waals surface area contributed by atoms with Gasteiger partial charge in [-0.1, -0.05) is 0 Å². The number of aromatic nitrogens is 4. The van der Waals surface area contributed by atoms with Crippen molar-refractivity contribution in [2.45, 2.75) is 57.0 Å². The quantitative estimate of drug-likeness (QED) is 0.686. The molecule has 0 aromatic carbocycles. The fourth-order valence-electron chi connectivity index (χ4n) is 4.97. The van der Waals surface area contributed by atoms with E-state index in [1.165, 1.54) is 4.52 Å². The van der Waals surface area contributed by atoms with Gasteiger partial charge in [-0.3, -0.25) is 9.89 Å². The first-order chi connectivity index (χ1) is 12.7. The van der Waals surface area contributed by atoms with Gasteiger partial charge in [0.2, 0.25) is 0 Å². The minimum absolute atomic E-state index is 0.0499. The maximum Gasteiger partial charge on any atom is 0.410 e. The van der Waals surface area contributed by atoms with Gasteiger partial charge in [0.15, 0.2) is 4.73 Å². The van der Waals surface area contributed by atoms with Crippen molar-refractivity contribution in [2.75, 3.05) is 13.1 Å². The first kappa shape index (κ1) is 17.2. The van der Waals surface area contributed by atoms with Crippen LogP contribution in [0, 0.1) is 5.92 Å². The van der Waals surface area contributed by atoms with E-state index in [2.05, 4.69) is 26.0 Å². The predicted octanol–water partition coefficient (Wildman–Crippen LogP) is 2.57. The zero-order chi connectivity index (χ0) is 19.1. The van der Waals surface area contributed by atoms with Gasteiger partial charge >= 0.3 is 6.09 Å². The van der Waals surface area contributed by atoms with E-state index in [1.54, 1.807) is 4.90 Å². The highest BCUT2D eigenvalue weighted by Crippen LogP contribution is 2.67. The second-order valence-electron chi connectivity index (χ2n) is 8.90. The third kappa shape index (κ3) is 2.47. The molecule has 1 saturated heterocycles. The summed E-state index contributed by atoms with van der Waals surface area (Å²) < 4.78 is 7.43. The Morgan fingerprint density at radius 1 is 1.30 bits per heavy atom. The monoisotopic (exact) mass is 435 g/mol. The SMILES string of the molecule is CC(C)(C)OC(=O)N1CCC2(CC1)c1c(nc3nc(Br)[nH]n3c1=O)C1CC12. The number of amides is 1. The molecule has 27 heavy (non-hydrogen) atoms. The highest BCUT2D eigenvalue weighted by molar-refractivity contribution is 9.10. The van der Waals surface area contributed by atoms with Gasteiger partial charge in [-0.05, 0) is 61.9 Å². The molecule has 1 amide bonds. The van der Waals surface area contributed by atoms with Crippen LogP contribution in [0.1, 0.15) is 57.2 Å². The maximum absolute atomic E-state index is 13.2. The number of hydrogen-bond acceptors (Lipinski definition) is 5. The number of aromatic amines is 1. The van der Waals surface area contributed by atoms with Crippen LogP contribution in [-0.2, 0) is 10.2 Å². The van der Waals surface area contributed by atoms with Crippen LogP contribution in [0.5, 0.6) is 0 Å². The molecular weight excluding hydrogens is 414 g/mol. The topological polar surface area (TPSA) is 92.6 Å². The lowest BCUT2D eigenvalue weighted by Crippen LogP contribution is -2.49. The molecule has 1 N–H and O–H groups in total. The van der Waals surface area contributed by atoms with Crippen molar-refractivity contribution < 1.29 is 9.53 Å². The molecule has 3 aliphatic rings. The molecule has 2 aromatic heterocycles. The molecule has 8 nitrogen and oxygen atoms in total. The van der Waals surface area contributed by atoms with Crippen molar-refractivity contribution in [1.82, 2.24) is 24.5 Å².